The van der Waals surface area contributed by atoms with Crippen LogP contribution in [0.4, 0.5) is 0 Å². The Morgan fingerprint density at radius 2 is 1.96 bits per heavy atom. The number of likely N-dealkylation sites (tertiary alicyclic amines) is 1. The molecular weight excluding hydrogens is 342 g/mol. The number of piperazine rings is 1. The number of nitrogens with one attached hydrogen (secondary N) is 1. The van der Waals surface area contributed by atoms with Crippen LogP contribution < -0.4 is 10.1 Å². The molecule has 2 aliphatic rings. The van der Waals surface area contributed by atoms with Gasteiger partial charge in [-0.05, 0) is 24.6 Å². The number of rotatable bonds is 4. The van der Waals surface area contributed by atoms with E-state index in [2.05, 4.69) is 10.2 Å². The second-order valence-corrected chi connectivity index (χ2v) is 8.63. The Labute approximate surface area is 148 Å². The highest BCUT2D eigenvalue weighted by molar-refractivity contribution is 7.90. The van der Waals surface area contributed by atoms with Gasteiger partial charge >= 0.3 is 0 Å². The van der Waals surface area contributed by atoms with Crippen LogP contribution in [0.25, 0.3) is 0 Å². The molecule has 0 aromatic heterocycles. The summed E-state index contributed by atoms with van der Waals surface area (Å²) < 4.78 is 28.9. The van der Waals surface area contributed by atoms with Gasteiger partial charge in [-0.3, -0.25) is 9.69 Å². The zero-order valence-corrected chi connectivity index (χ0v) is 15.5. The molecule has 8 heteroatoms. The van der Waals surface area contributed by atoms with Crippen LogP contribution in [0.15, 0.2) is 23.1 Å². The highest BCUT2D eigenvalue weighted by Gasteiger charge is 2.32. The fraction of sp³-hybridized carbons (Fsp3) is 0.588. The lowest BCUT2D eigenvalue weighted by atomic mass is 10.1. The Hall–Kier alpha value is -1.64. The molecule has 0 spiro atoms. The van der Waals surface area contributed by atoms with E-state index in [0.717, 1.165) is 38.9 Å². The summed E-state index contributed by atoms with van der Waals surface area (Å²) in [6.07, 6.45) is 2.08. The molecule has 3 rings (SSSR count). The lowest BCUT2D eigenvalue weighted by Gasteiger charge is -2.32. The van der Waals surface area contributed by atoms with Crippen molar-refractivity contribution in [2.24, 2.45) is 0 Å². The molecule has 1 amide bonds. The van der Waals surface area contributed by atoms with Gasteiger partial charge in [0.2, 0.25) is 0 Å². The van der Waals surface area contributed by atoms with E-state index in [-0.39, 0.29) is 10.8 Å². The first-order valence-electron chi connectivity index (χ1n) is 8.52. The number of carbonyl (C=O) groups is 1. The summed E-state index contributed by atoms with van der Waals surface area (Å²) >= 11 is 0. The highest BCUT2D eigenvalue weighted by Crippen LogP contribution is 2.26. The summed E-state index contributed by atoms with van der Waals surface area (Å²) in [5.41, 5.74) is 0.311. The second kappa shape index (κ2) is 7.31. The molecule has 2 heterocycles. The van der Waals surface area contributed by atoms with Gasteiger partial charge in [-0.1, -0.05) is 0 Å². The molecule has 0 bridgehead atoms. The van der Waals surface area contributed by atoms with Crippen LogP contribution in [0.2, 0.25) is 0 Å². The first-order chi connectivity index (χ1) is 11.9. The van der Waals surface area contributed by atoms with E-state index < -0.39 is 9.84 Å². The summed E-state index contributed by atoms with van der Waals surface area (Å²) in [7, 11) is -1.89. The number of benzene rings is 1. The van der Waals surface area contributed by atoms with E-state index in [0.29, 0.717) is 30.4 Å². The predicted octanol–water partition coefficient (Wildman–Crippen LogP) is 0.218. The highest BCUT2D eigenvalue weighted by atomic mass is 32.2. The van der Waals surface area contributed by atoms with Gasteiger partial charge in [0.15, 0.2) is 9.84 Å². The molecule has 2 aliphatic heterocycles. The van der Waals surface area contributed by atoms with Crippen LogP contribution >= 0.6 is 0 Å². The van der Waals surface area contributed by atoms with Gasteiger partial charge in [-0.25, -0.2) is 8.42 Å². The summed E-state index contributed by atoms with van der Waals surface area (Å²) in [6.45, 7) is 5.31. The average molecular weight is 367 g/mol. The standard InChI is InChI=1S/C17H25N3O4S/c1-24-16-4-3-14(25(2,22)23)11-15(16)17(21)20-8-5-13(12-20)19-9-6-18-7-10-19/h3-4,11,13,18H,5-10,12H2,1-2H3. The molecule has 1 atom stereocenters. The molecule has 1 unspecified atom stereocenters. The van der Waals surface area contributed by atoms with Crippen LogP contribution in [0.5, 0.6) is 5.75 Å². The number of ether oxygens (including phenoxy) is 1. The number of sulfone groups is 1. The summed E-state index contributed by atoms with van der Waals surface area (Å²) in [5, 5.41) is 3.34. The van der Waals surface area contributed by atoms with Crippen LogP contribution in [-0.2, 0) is 9.84 Å². The minimum absolute atomic E-state index is 0.134. The van der Waals surface area contributed by atoms with E-state index in [4.69, 9.17) is 4.74 Å². The molecular formula is C17H25N3O4S. The lowest BCUT2D eigenvalue weighted by Crippen LogP contribution is -2.49. The lowest BCUT2D eigenvalue weighted by molar-refractivity contribution is 0.0770. The van der Waals surface area contributed by atoms with Crippen LogP contribution in [0.3, 0.4) is 0 Å². The van der Waals surface area contributed by atoms with Gasteiger partial charge in [0.1, 0.15) is 5.75 Å². The summed E-state index contributed by atoms with van der Waals surface area (Å²) in [5.74, 6) is 0.239. The molecule has 1 aromatic carbocycles. The first kappa shape index (κ1) is 18.2. The Morgan fingerprint density at radius 1 is 1.24 bits per heavy atom. The van der Waals surface area contributed by atoms with Crippen LogP contribution in [-0.4, -0.2) is 82.8 Å². The fourth-order valence-corrected chi connectivity index (χ4v) is 4.17. The van der Waals surface area contributed by atoms with Crippen molar-refractivity contribution in [2.45, 2.75) is 17.4 Å². The number of methoxy groups -OCH3 is 1. The van der Waals surface area contributed by atoms with E-state index in [1.165, 1.54) is 19.2 Å². The fourth-order valence-electron chi connectivity index (χ4n) is 3.53. The summed E-state index contributed by atoms with van der Waals surface area (Å²) in [6, 6.07) is 4.82. The SMILES string of the molecule is COc1ccc(S(C)(=O)=O)cc1C(=O)N1CCC(N2CCNCC2)C1. The maximum absolute atomic E-state index is 13.0. The third-order valence-electron chi connectivity index (χ3n) is 4.95. The topological polar surface area (TPSA) is 79.0 Å². The van der Waals surface area contributed by atoms with E-state index in [1.54, 1.807) is 11.0 Å². The minimum Gasteiger partial charge on any atom is -0.496 e. The van der Waals surface area contributed by atoms with Crippen molar-refractivity contribution in [1.29, 1.82) is 0 Å². The normalized spacial score (nSPS) is 22.2. The van der Waals surface area contributed by atoms with Crippen molar-refractivity contribution in [1.82, 2.24) is 15.1 Å². The van der Waals surface area contributed by atoms with Gasteiger partial charge in [0, 0.05) is 51.6 Å². The zero-order chi connectivity index (χ0) is 18.0. The molecule has 7 nitrogen and oxygen atoms in total. The Balaban J connectivity index is 1.78. The van der Waals surface area contributed by atoms with Gasteiger partial charge in [0.05, 0.1) is 17.6 Å². The molecule has 2 saturated heterocycles. The Bertz CT molecular complexity index is 744. The molecule has 1 N–H and O–H groups in total. The van der Waals surface area contributed by atoms with Crippen molar-refractivity contribution < 1.29 is 17.9 Å². The Kier molecular flexibility index (Phi) is 5.31. The van der Waals surface area contributed by atoms with Gasteiger partial charge in [-0.15, -0.1) is 0 Å². The van der Waals surface area contributed by atoms with Crippen LogP contribution in [0, 0.1) is 0 Å². The molecule has 0 saturated carbocycles. The van der Waals surface area contributed by atoms with Crippen molar-refractivity contribution in [3.8, 4) is 5.75 Å². The monoisotopic (exact) mass is 367 g/mol. The number of hydrogen-bond acceptors (Lipinski definition) is 6. The Morgan fingerprint density at radius 3 is 2.60 bits per heavy atom. The van der Waals surface area contributed by atoms with Crippen molar-refractivity contribution in [3.05, 3.63) is 23.8 Å². The number of nitrogens with zero attached hydrogens (tertiary/aromatic N) is 2. The minimum atomic E-state index is -3.38. The number of hydrogen-bond donors (Lipinski definition) is 1. The third kappa shape index (κ3) is 3.96. The summed E-state index contributed by atoms with van der Waals surface area (Å²) in [4.78, 5) is 17.3. The predicted molar refractivity (Wildman–Crippen MR) is 94.9 cm³/mol. The molecule has 1 aromatic rings. The van der Waals surface area contributed by atoms with Gasteiger partial charge < -0.3 is 15.0 Å². The molecule has 0 aliphatic carbocycles. The average Bonchev–Trinajstić information content (AvgIpc) is 3.10. The van der Waals surface area contributed by atoms with Crippen molar-refractivity contribution in [3.63, 3.8) is 0 Å². The molecule has 138 valence electrons. The quantitative estimate of drug-likeness (QED) is 0.820. The largest absolute Gasteiger partial charge is 0.496 e. The smallest absolute Gasteiger partial charge is 0.257 e. The second-order valence-electron chi connectivity index (χ2n) is 6.61. The number of amides is 1. The van der Waals surface area contributed by atoms with Crippen molar-refractivity contribution >= 4 is 15.7 Å². The first-order valence-corrected chi connectivity index (χ1v) is 10.4. The van der Waals surface area contributed by atoms with E-state index in [1.807, 2.05) is 0 Å². The van der Waals surface area contributed by atoms with Gasteiger partial charge in [-0.2, -0.15) is 0 Å². The molecule has 25 heavy (non-hydrogen) atoms. The zero-order valence-electron chi connectivity index (χ0n) is 14.7. The maximum atomic E-state index is 13.0. The maximum Gasteiger partial charge on any atom is 0.257 e. The van der Waals surface area contributed by atoms with E-state index >= 15 is 0 Å². The molecule has 2 fully saturated rings. The van der Waals surface area contributed by atoms with Gasteiger partial charge in [0.25, 0.3) is 5.91 Å². The van der Waals surface area contributed by atoms with Crippen LogP contribution in [0.1, 0.15) is 16.8 Å². The van der Waals surface area contributed by atoms with E-state index in [9.17, 15) is 13.2 Å². The van der Waals surface area contributed by atoms with Crippen molar-refractivity contribution in [2.75, 3.05) is 52.6 Å². The third-order valence-corrected chi connectivity index (χ3v) is 6.06. The number of carbonyl (C=O) groups excluding carboxylic acids is 1. The molecule has 0 radical (unpaired) electrons.